The highest BCUT2D eigenvalue weighted by Gasteiger charge is 2.14. The maximum Gasteiger partial charge on any atom is 0.301 e. The van der Waals surface area contributed by atoms with Gasteiger partial charge in [0, 0.05) is 18.9 Å². The summed E-state index contributed by atoms with van der Waals surface area (Å²) in [5.74, 6) is -0.697. The molecule has 0 spiro atoms. The normalized spacial score (nSPS) is 11.1. The van der Waals surface area contributed by atoms with Gasteiger partial charge in [0.25, 0.3) is 5.91 Å². The Morgan fingerprint density at radius 2 is 2.25 bits per heavy atom. The Hall–Kier alpha value is -1.47. The van der Waals surface area contributed by atoms with Crippen molar-refractivity contribution < 1.29 is 13.2 Å². The maximum absolute atomic E-state index is 11.5. The first-order chi connectivity index (χ1) is 7.55. The van der Waals surface area contributed by atoms with E-state index in [1.165, 1.54) is 18.5 Å². The van der Waals surface area contributed by atoms with Crippen LogP contribution in [0.5, 0.6) is 0 Å². The first-order valence-corrected chi connectivity index (χ1v) is 6.25. The summed E-state index contributed by atoms with van der Waals surface area (Å²) in [6.07, 6.45) is 3.45. The second-order valence-corrected chi connectivity index (χ2v) is 4.57. The molecule has 1 heterocycles. The van der Waals surface area contributed by atoms with Gasteiger partial charge >= 0.3 is 10.2 Å². The van der Waals surface area contributed by atoms with E-state index in [9.17, 15) is 13.2 Å². The molecule has 16 heavy (non-hydrogen) atoms. The van der Waals surface area contributed by atoms with Crippen molar-refractivity contribution in [1.82, 2.24) is 14.4 Å². The third-order valence-corrected chi connectivity index (χ3v) is 2.73. The third kappa shape index (κ3) is 3.95. The summed E-state index contributed by atoms with van der Waals surface area (Å²) in [4.78, 5) is 15.2. The van der Waals surface area contributed by atoms with Crippen molar-refractivity contribution in [2.75, 3.05) is 6.54 Å². The number of hydrogen-bond acceptors (Lipinski definition) is 4. The standard InChI is InChI=1S/C9H13N3O3S/c1-2-5-11-16(14,15)12-9(13)8-4-3-6-10-7-8/h3-4,6-7,11H,2,5H2,1H3,(H,12,13). The van der Waals surface area contributed by atoms with Crippen LogP contribution >= 0.6 is 0 Å². The molecule has 0 fully saturated rings. The van der Waals surface area contributed by atoms with E-state index in [0.29, 0.717) is 6.42 Å². The van der Waals surface area contributed by atoms with Crippen LogP contribution in [0, 0.1) is 0 Å². The van der Waals surface area contributed by atoms with Gasteiger partial charge in [0.05, 0.1) is 5.56 Å². The molecule has 0 bridgehead atoms. The lowest BCUT2D eigenvalue weighted by Gasteiger charge is -2.06. The van der Waals surface area contributed by atoms with E-state index in [2.05, 4.69) is 9.71 Å². The van der Waals surface area contributed by atoms with E-state index >= 15 is 0 Å². The topological polar surface area (TPSA) is 88.2 Å². The summed E-state index contributed by atoms with van der Waals surface area (Å²) in [5, 5.41) is 0. The summed E-state index contributed by atoms with van der Waals surface area (Å²) in [5.41, 5.74) is 0.198. The van der Waals surface area contributed by atoms with Crippen molar-refractivity contribution >= 4 is 16.1 Å². The smallest absolute Gasteiger partial charge is 0.268 e. The molecular formula is C9H13N3O3S. The van der Waals surface area contributed by atoms with Crippen LogP contribution < -0.4 is 9.44 Å². The highest BCUT2D eigenvalue weighted by molar-refractivity contribution is 7.88. The molecule has 1 amide bonds. The number of nitrogens with one attached hydrogen (secondary N) is 2. The molecule has 0 saturated carbocycles. The second-order valence-electron chi connectivity index (χ2n) is 3.07. The molecule has 0 unspecified atom stereocenters. The molecule has 0 saturated heterocycles. The second kappa shape index (κ2) is 5.57. The number of hydrogen-bond donors (Lipinski definition) is 2. The van der Waals surface area contributed by atoms with Gasteiger partial charge in [-0.1, -0.05) is 6.92 Å². The van der Waals surface area contributed by atoms with Crippen molar-refractivity contribution in [1.29, 1.82) is 0 Å². The van der Waals surface area contributed by atoms with Gasteiger partial charge < -0.3 is 0 Å². The summed E-state index contributed by atoms with van der Waals surface area (Å²) in [6, 6.07) is 3.04. The van der Waals surface area contributed by atoms with Crippen LogP contribution in [0.4, 0.5) is 0 Å². The van der Waals surface area contributed by atoms with E-state index in [0.717, 1.165) is 0 Å². The minimum absolute atomic E-state index is 0.198. The molecule has 0 aliphatic carbocycles. The molecule has 1 aromatic heterocycles. The molecule has 1 aromatic rings. The van der Waals surface area contributed by atoms with Crippen molar-refractivity contribution in [2.45, 2.75) is 13.3 Å². The molecule has 88 valence electrons. The van der Waals surface area contributed by atoms with Gasteiger partial charge in [-0.2, -0.15) is 13.1 Å². The third-order valence-electron chi connectivity index (χ3n) is 1.69. The van der Waals surface area contributed by atoms with E-state index < -0.39 is 16.1 Å². The monoisotopic (exact) mass is 243 g/mol. The van der Waals surface area contributed by atoms with Crippen LogP contribution in [-0.4, -0.2) is 25.9 Å². The fraction of sp³-hybridized carbons (Fsp3) is 0.333. The minimum Gasteiger partial charge on any atom is -0.268 e. The van der Waals surface area contributed by atoms with E-state index in [1.807, 2.05) is 11.6 Å². The van der Waals surface area contributed by atoms with Gasteiger partial charge in [0.2, 0.25) is 0 Å². The largest absolute Gasteiger partial charge is 0.301 e. The Bertz CT molecular complexity index is 444. The predicted molar refractivity (Wildman–Crippen MR) is 58.9 cm³/mol. The molecule has 0 aliphatic rings. The van der Waals surface area contributed by atoms with Crippen LogP contribution in [-0.2, 0) is 10.2 Å². The summed E-state index contributed by atoms with van der Waals surface area (Å²) < 4.78 is 26.7. The highest BCUT2D eigenvalue weighted by Crippen LogP contribution is 1.95. The summed E-state index contributed by atoms with van der Waals surface area (Å²) in [6.45, 7) is 2.11. The average Bonchev–Trinajstić information content (AvgIpc) is 2.27. The van der Waals surface area contributed by atoms with Crippen molar-refractivity contribution in [2.24, 2.45) is 0 Å². The summed E-state index contributed by atoms with van der Waals surface area (Å²) in [7, 11) is -3.77. The van der Waals surface area contributed by atoms with E-state index in [1.54, 1.807) is 6.07 Å². The lowest BCUT2D eigenvalue weighted by atomic mass is 10.3. The van der Waals surface area contributed by atoms with Crippen molar-refractivity contribution in [3.05, 3.63) is 30.1 Å². The Balaban J connectivity index is 2.65. The van der Waals surface area contributed by atoms with Crippen LogP contribution in [0.25, 0.3) is 0 Å². The predicted octanol–water partition coefficient (Wildman–Crippen LogP) is 0.0558. The van der Waals surface area contributed by atoms with Crippen molar-refractivity contribution in [3.63, 3.8) is 0 Å². The Morgan fingerprint density at radius 3 is 2.81 bits per heavy atom. The molecular weight excluding hydrogens is 230 g/mol. The number of aromatic nitrogens is 1. The molecule has 0 radical (unpaired) electrons. The number of pyridine rings is 1. The minimum atomic E-state index is -3.77. The van der Waals surface area contributed by atoms with E-state index in [-0.39, 0.29) is 12.1 Å². The van der Waals surface area contributed by atoms with Gasteiger partial charge in [-0.25, -0.2) is 4.72 Å². The van der Waals surface area contributed by atoms with Gasteiger partial charge in [0.15, 0.2) is 0 Å². The molecule has 0 aromatic carbocycles. The number of rotatable bonds is 5. The lowest BCUT2D eigenvalue weighted by Crippen LogP contribution is -2.40. The number of carbonyl (C=O) groups excluding carboxylic acids is 1. The van der Waals surface area contributed by atoms with Crippen LogP contribution in [0.15, 0.2) is 24.5 Å². The Kier molecular flexibility index (Phi) is 4.39. The zero-order chi connectivity index (χ0) is 12.0. The van der Waals surface area contributed by atoms with Crippen LogP contribution in [0.3, 0.4) is 0 Å². The quantitative estimate of drug-likeness (QED) is 0.765. The molecule has 0 atom stereocenters. The molecule has 7 heteroatoms. The molecule has 2 N–H and O–H groups in total. The van der Waals surface area contributed by atoms with E-state index in [4.69, 9.17) is 0 Å². The fourth-order valence-corrected chi connectivity index (χ4v) is 1.86. The van der Waals surface area contributed by atoms with Crippen molar-refractivity contribution in [3.8, 4) is 0 Å². The average molecular weight is 243 g/mol. The molecule has 6 nitrogen and oxygen atoms in total. The zero-order valence-electron chi connectivity index (χ0n) is 8.80. The molecule has 0 aliphatic heterocycles. The first kappa shape index (κ1) is 12.6. The zero-order valence-corrected chi connectivity index (χ0v) is 9.62. The highest BCUT2D eigenvalue weighted by atomic mass is 32.2. The van der Waals surface area contributed by atoms with Gasteiger partial charge in [-0.3, -0.25) is 9.78 Å². The van der Waals surface area contributed by atoms with Crippen LogP contribution in [0.1, 0.15) is 23.7 Å². The summed E-state index contributed by atoms with van der Waals surface area (Å²) >= 11 is 0. The fourth-order valence-electron chi connectivity index (χ4n) is 0.951. The van der Waals surface area contributed by atoms with Crippen LogP contribution in [0.2, 0.25) is 0 Å². The van der Waals surface area contributed by atoms with Gasteiger partial charge in [-0.05, 0) is 18.6 Å². The number of carbonyl (C=O) groups is 1. The number of nitrogens with zero attached hydrogens (tertiary/aromatic N) is 1. The van der Waals surface area contributed by atoms with Gasteiger partial charge in [0.1, 0.15) is 0 Å². The first-order valence-electron chi connectivity index (χ1n) is 4.77. The lowest BCUT2D eigenvalue weighted by molar-refractivity contribution is 0.0980. The number of amides is 1. The Labute approximate surface area is 94.3 Å². The molecule has 1 rings (SSSR count). The van der Waals surface area contributed by atoms with Gasteiger partial charge in [-0.15, -0.1) is 0 Å². The Morgan fingerprint density at radius 1 is 1.50 bits per heavy atom. The SMILES string of the molecule is CCCNS(=O)(=O)NC(=O)c1cccnc1. The maximum atomic E-state index is 11.5.